The molecule has 1 aliphatic heterocycles. The fraction of sp³-hybridized carbons (Fsp3) is 0.333. The summed E-state index contributed by atoms with van der Waals surface area (Å²) in [6, 6.07) is 8.48. The first kappa shape index (κ1) is 16.3. The Balaban J connectivity index is 1.58. The molecule has 2 N–H and O–H groups in total. The van der Waals surface area contributed by atoms with Crippen LogP contribution in [0.1, 0.15) is 24.6 Å². The second kappa shape index (κ2) is 6.29. The molecule has 0 radical (unpaired) electrons. The number of nitrogens with zero attached hydrogens (tertiary/aromatic N) is 4. The molecule has 0 bridgehead atoms. The predicted molar refractivity (Wildman–Crippen MR) is 97.8 cm³/mol. The maximum atomic E-state index is 12.8. The van der Waals surface area contributed by atoms with Gasteiger partial charge < -0.3 is 5.32 Å². The van der Waals surface area contributed by atoms with Gasteiger partial charge in [0, 0.05) is 12.6 Å². The summed E-state index contributed by atoms with van der Waals surface area (Å²) >= 11 is 0. The summed E-state index contributed by atoms with van der Waals surface area (Å²) in [5.74, 6) is 0.203. The number of amides is 2. The second-order valence-corrected chi connectivity index (χ2v) is 6.48. The van der Waals surface area contributed by atoms with Crippen molar-refractivity contribution in [2.75, 3.05) is 10.3 Å². The highest BCUT2D eigenvalue weighted by atomic mass is 16.2. The largest absolute Gasteiger partial charge is 0.304 e. The molecule has 0 saturated heterocycles. The van der Waals surface area contributed by atoms with E-state index in [4.69, 9.17) is 0 Å². The quantitative estimate of drug-likeness (QED) is 0.868. The molecule has 1 aliphatic carbocycles. The van der Waals surface area contributed by atoms with Crippen molar-refractivity contribution in [2.45, 2.75) is 32.2 Å². The first-order valence-corrected chi connectivity index (χ1v) is 8.64. The average Bonchev–Trinajstić information content (AvgIpc) is 3.20. The average molecular weight is 352 g/mol. The topological polar surface area (TPSA) is 91.6 Å². The molecule has 2 aromatic rings. The lowest BCUT2D eigenvalue weighted by molar-refractivity contribution is -0.120. The van der Waals surface area contributed by atoms with Gasteiger partial charge in [0.2, 0.25) is 5.84 Å². The predicted octanol–water partition coefficient (Wildman–Crippen LogP) is 1.19. The number of anilines is 2. The minimum atomic E-state index is -0.644. The van der Waals surface area contributed by atoms with Gasteiger partial charge >= 0.3 is 0 Å². The summed E-state index contributed by atoms with van der Waals surface area (Å²) in [5, 5.41) is 8.72. The Morgan fingerprint density at radius 2 is 2.04 bits per heavy atom. The summed E-state index contributed by atoms with van der Waals surface area (Å²) in [6.07, 6.45) is 2.89. The summed E-state index contributed by atoms with van der Waals surface area (Å²) in [7, 11) is 1.81. The molecule has 26 heavy (non-hydrogen) atoms. The maximum absolute atomic E-state index is 12.8. The molecular formula is C18H20N6O2. The lowest BCUT2D eigenvalue weighted by Gasteiger charge is -2.30. The summed E-state index contributed by atoms with van der Waals surface area (Å²) in [6.45, 7) is 1.67. The summed E-state index contributed by atoms with van der Waals surface area (Å²) in [4.78, 5) is 29.4. The maximum Gasteiger partial charge on any atom is 0.293 e. The van der Waals surface area contributed by atoms with E-state index in [2.05, 4.69) is 20.8 Å². The van der Waals surface area contributed by atoms with Crippen LogP contribution in [0.25, 0.3) is 0 Å². The van der Waals surface area contributed by atoms with E-state index in [9.17, 15) is 9.59 Å². The van der Waals surface area contributed by atoms with E-state index < -0.39 is 6.04 Å². The fourth-order valence-corrected chi connectivity index (χ4v) is 3.35. The molecule has 1 atom stereocenters. The highest BCUT2D eigenvalue weighted by Gasteiger charge is 2.31. The molecule has 134 valence electrons. The molecule has 0 spiro atoms. The number of carbonyl (C=O) groups is 2. The normalized spacial score (nSPS) is 19.0. The third-order valence-corrected chi connectivity index (χ3v) is 4.65. The number of rotatable bonds is 3. The number of aryl methyl sites for hydroxylation is 2. The van der Waals surface area contributed by atoms with Gasteiger partial charge in [-0.15, -0.1) is 0 Å². The van der Waals surface area contributed by atoms with Crippen molar-refractivity contribution < 1.29 is 9.59 Å². The molecule has 8 nitrogen and oxygen atoms in total. The molecular weight excluding hydrogens is 332 g/mol. The van der Waals surface area contributed by atoms with E-state index in [0.717, 1.165) is 30.5 Å². The van der Waals surface area contributed by atoms with Gasteiger partial charge in [0.1, 0.15) is 11.9 Å². The minimum Gasteiger partial charge on any atom is -0.304 e. The molecule has 2 heterocycles. The Morgan fingerprint density at radius 1 is 1.27 bits per heavy atom. The van der Waals surface area contributed by atoms with Crippen LogP contribution < -0.4 is 15.8 Å². The molecule has 1 aromatic heterocycles. The lowest BCUT2D eigenvalue weighted by atomic mass is 10.2. The van der Waals surface area contributed by atoms with Gasteiger partial charge in [-0.3, -0.25) is 19.7 Å². The number of aliphatic imine (C=N–C) groups is 1. The zero-order valence-electron chi connectivity index (χ0n) is 14.7. The van der Waals surface area contributed by atoms with Crippen LogP contribution >= 0.6 is 0 Å². The van der Waals surface area contributed by atoms with Crippen LogP contribution in [0.4, 0.5) is 11.5 Å². The molecule has 2 amide bonds. The summed E-state index contributed by atoms with van der Waals surface area (Å²) < 4.78 is 1.69. The number of aromatic nitrogens is 2. The number of amidine groups is 1. The Labute approximate surface area is 150 Å². The van der Waals surface area contributed by atoms with E-state index in [1.54, 1.807) is 23.7 Å². The first-order valence-electron chi connectivity index (χ1n) is 8.64. The van der Waals surface area contributed by atoms with Gasteiger partial charge in [-0.25, -0.2) is 10.0 Å². The Hall–Kier alpha value is -3.16. The molecule has 0 saturated carbocycles. The Bertz CT molecular complexity index is 902. The number of hydrazine groups is 1. The van der Waals surface area contributed by atoms with Gasteiger partial charge in [-0.05, 0) is 38.3 Å². The monoisotopic (exact) mass is 352 g/mol. The van der Waals surface area contributed by atoms with E-state index in [0.29, 0.717) is 11.5 Å². The molecule has 1 unspecified atom stereocenters. The number of benzene rings is 1. The SMILES string of the molecule is CC1N=C(C(=O)Nc2c3c(nn2C)CCC3)NN(c2ccccc2)C1=O. The fourth-order valence-electron chi connectivity index (χ4n) is 3.35. The van der Waals surface area contributed by atoms with Crippen LogP contribution in [0.2, 0.25) is 0 Å². The van der Waals surface area contributed by atoms with Crippen molar-refractivity contribution in [3.8, 4) is 0 Å². The zero-order valence-corrected chi connectivity index (χ0v) is 14.7. The number of para-hydroxylation sites is 1. The van der Waals surface area contributed by atoms with Crippen molar-refractivity contribution in [3.05, 3.63) is 41.6 Å². The molecule has 8 heteroatoms. The highest BCUT2D eigenvalue weighted by Crippen LogP contribution is 2.28. The first-order chi connectivity index (χ1) is 12.5. The smallest absolute Gasteiger partial charge is 0.293 e. The van der Waals surface area contributed by atoms with E-state index in [1.807, 2.05) is 25.2 Å². The van der Waals surface area contributed by atoms with Gasteiger partial charge in [-0.2, -0.15) is 5.10 Å². The van der Waals surface area contributed by atoms with Gasteiger partial charge in [0.25, 0.3) is 11.8 Å². The van der Waals surface area contributed by atoms with Crippen molar-refractivity contribution >= 4 is 29.2 Å². The van der Waals surface area contributed by atoms with Gasteiger partial charge in [0.05, 0.1) is 11.4 Å². The van der Waals surface area contributed by atoms with Crippen LogP contribution in [0, 0.1) is 0 Å². The van der Waals surface area contributed by atoms with Crippen LogP contribution in [-0.4, -0.2) is 33.5 Å². The number of carbonyl (C=O) groups excluding carboxylic acids is 2. The van der Waals surface area contributed by atoms with Gasteiger partial charge in [-0.1, -0.05) is 18.2 Å². The third-order valence-electron chi connectivity index (χ3n) is 4.65. The van der Waals surface area contributed by atoms with E-state index in [1.165, 1.54) is 5.01 Å². The van der Waals surface area contributed by atoms with E-state index in [-0.39, 0.29) is 17.6 Å². The Kier molecular flexibility index (Phi) is 3.95. The van der Waals surface area contributed by atoms with Crippen molar-refractivity contribution in [1.29, 1.82) is 0 Å². The number of fused-ring (bicyclic) bond motifs is 1. The standard InChI is InChI=1S/C18H20N6O2/c1-11-18(26)24(12-7-4-3-5-8-12)22-15(19-11)17(25)20-16-13-9-6-10-14(13)21-23(16)2/h3-5,7-8,11H,6,9-10H2,1-2H3,(H,19,22)(H,20,25). The number of nitrogens with one attached hydrogen (secondary N) is 2. The van der Waals surface area contributed by atoms with Crippen molar-refractivity contribution in [3.63, 3.8) is 0 Å². The lowest BCUT2D eigenvalue weighted by Crippen LogP contribution is -2.57. The van der Waals surface area contributed by atoms with Crippen LogP contribution in [0.15, 0.2) is 35.3 Å². The van der Waals surface area contributed by atoms with Crippen molar-refractivity contribution in [1.82, 2.24) is 15.2 Å². The van der Waals surface area contributed by atoms with Gasteiger partial charge in [0.15, 0.2) is 0 Å². The summed E-state index contributed by atoms with van der Waals surface area (Å²) in [5.41, 5.74) is 5.62. The van der Waals surface area contributed by atoms with Crippen LogP contribution in [0.3, 0.4) is 0 Å². The molecule has 1 aromatic carbocycles. The third kappa shape index (κ3) is 2.73. The Morgan fingerprint density at radius 3 is 2.81 bits per heavy atom. The van der Waals surface area contributed by atoms with Crippen molar-refractivity contribution in [2.24, 2.45) is 12.0 Å². The number of hydrogen-bond donors (Lipinski definition) is 2. The second-order valence-electron chi connectivity index (χ2n) is 6.48. The molecule has 2 aliphatic rings. The molecule has 4 rings (SSSR count). The zero-order chi connectivity index (χ0) is 18.3. The minimum absolute atomic E-state index is 0.105. The van der Waals surface area contributed by atoms with Crippen LogP contribution in [-0.2, 0) is 29.5 Å². The highest BCUT2D eigenvalue weighted by molar-refractivity contribution is 6.43. The number of hydrogen-bond acceptors (Lipinski definition) is 5. The van der Waals surface area contributed by atoms with Crippen LogP contribution in [0.5, 0.6) is 0 Å². The van der Waals surface area contributed by atoms with E-state index >= 15 is 0 Å². The molecule has 0 fully saturated rings.